The molecule has 2 saturated heterocycles. The van der Waals surface area contributed by atoms with Crippen LogP contribution in [-0.2, 0) is 11.2 Å². The van der Waals surface area contributed by atoms with Crippen LogP contribution >= 0.6 is 0 Å². The van der Waals surface area contributed by atoms with Crippen LogP contribution in [0.25, 0.3) is 0 Å². The van der Waals surface area contributed by atoms with Gasteiger partial charge in [0.15, 0.2) is 0 Å². The summed E-state index contributed by atoms with van der Waals surface area (Å²) in [4.78, 5) is 19.9. The lowest BCUT2D eigenvalue weighted by atomic mass is 9.88. The first-order valence-corrected chi connectivity index (χ1v) is 10.2. The number of benzene rings is 1. The number of amides is 1. The quantitative estimate of drug-likeness (QED) is 0.829. The monoisotopic (exact) mass is 357 g/mol. The van der Waals surface area contributed by atoms with E-state index in [2.05, 4.69) is 60.7 Å². The zero-order valence-electron chi connectivity index (χ0n) is 17.0. The number of carbonyl (C=O) groups is 1. The van der Waals surface area contributed by atoms with E-state index in [1.165, 1.54) is 42.9 Å². The molecule has 0 bridgehead atoms. The Morgan fingerprint density at radius 3 is 2.38 bits per heavy atom. The summed E-state index contributed by atoms with van der Waals surface area (Å²) in [6, 6.07) is 7.05. The summed E-state index contributed by atoms with van der Waals surface area (Å²) < 4.78 is 0. The molecule has 1 aromatic rings. The minimum atomic E-state index is 0.296. The lowest BCUT2D eigenvalue weighted by Crippen LogP contribution is -2.52. The second-order valence-corrected chi connectivity index (χ2v) is 8.40. The molecule has 0 aromatic heterocycles. The number of likely N-dealkylation sites (N-methyl/N-ethyl adjacent to an activating group) is 1. The van der Waals surface area contributed by atoms with Gasteiger partial charge in [-0.15, -0.1) is 0 Å². The van der Waals surface area contributed by atoms with Gasteiger partial charge in [-0.05, 0) is 57.7 Å². The fourth-order valence-electron chi connectivity index (χ4n) is 4.42. The van der Waals surface area contributed by atoms with Gasteiger partial charge in [-0.1, -0.05) is 23.8 Å². The van der Waals surface area contributed by atoms with E-state index in [0.717, 1.165) is 31.8 Å². The molecule has 0 radical (unpaired) electrons. The fraction of sp³-hybridized carbons (Fsp3) is 0.682. The number of likely N-dealkylation sites (tertiary alicyclic amines) is 1. The molecule has 4 nitrogen and oxygen atoms in total. The summed E-state index contributed by atoms with van der Waals surface area (Å²) in [6.45, 7) is 13.2. The topological polar surface area (TPSA) is 26.8 Å². The van der Waals surface area contributed by atoms with E-state index in [9.17, 15) is 4.79 Å². The largest absolute Gasteiger partial charge is 0.342 e. The number of nitrogens with zero attached hydrogens (tertiary/aromatic N) is 3. The maximum atomic E-state index is 12.8. The SMILES string of the molecule is Cc1ccc(C)c(CC(=O)N2CCC(C(C)N3CCN(C)CC3)CC2)c1. The van der Waals surface area contributed by atoms with Crippen molar-refractivity contribution in [2.75, 3.05) is 46.3 Å². The maximum Gasteiger partial charge on any atom is 0.226 e. The number of hydrogen-bond donors (Lipinski definition) is 0. The van der Waals surface area contributed by atoms with Crippen LogP contribution in [-0.4, -0.2) is 73.0 Å². The van der Waals surface area contributed by atoms with E-state index in [-0.39, 0.29) is 0 Å². The summed E-state index contributed by atoms with van der Waals surface area (Å²) in [5.74, 6) is 1.02. The van der Waals surface area contributed by atoms with Gasteiger partial charge in [-0.2, -0.15) is 0 Å². The van der Waals surface area contributed by atoms with Crippen molar-refractivity contribution in [3.05, 3.63) is 34.9 Å². The fourth-order valence-corrected chi connectivity index (χ4v) is 4.42. The van der Waals surface area contributed by atoms with Crippen molar-refractivity contribution < 1.29 is 4.79 Å². The highest BCUT2D eigenvalue weighted by Gasteiger charge is 2.30. The number of carbonyl (C=O) groups excluding carboxylic acids is 1. The van der Waals surface area contributed by atoms with Gasteiger partial charge in [0.1, 0.15) is 0 Å². The minimum absolute atomic E-state index is 0.296. The number of piperidine rings is 1. The highest BCUT2D eigenvalue weighted by atomic mass is 16.2. The lowest BCUT2D eigenvalue weighted by Gasteiger charge is -2.42. The normalized spacial score (nSPS) is 21.8. The van der Waals surface area contributed by atoms with Gasteiger partial charge in [0.2, 0.25) is 5.91 Å². The Hall–Kier alpha value is -1.39. The van der Waals surface area contributed by atoms with Gasteiger partial charge in [0, 0.05) is 45.3 Å². The molecule has 2 fully saturated rings. The molecule has 1 atom stereocenters. The number of hydrogen-bond acceptors (Lipinski definition) is 3. The standard InChI is InChI=1S/C22H35N3O/c1-17-5-6-18(2)21(15-17)16-22(26)25-9-7-20(8-10-25)19(3)24-13-11-23(4)12-14-24/h5-6,15,19-20H,7-14,16H2,1-4H3. The number of rotatable bonds is 4. The van der Waals surface area contributed by atoms with E-state index >= 15 is 0 Å². The molecular weight excluding hydrogens is 322 g/mol. The Labute approximate surface area is 159 Å². The third-order valence-corrected chi connectivity index (χ3v) is 6.53. The predicted molar refractivity (Wildman–Crippen MR) is 107 cm³/mol. The van der Waals surface area contributed by atoms with E-state index < -0.39 is 0 Å². The van der Waals surface area contributed by atoms with Crippen molar-refractivity contribution in [3.63, 3.8) is 0 Å². The molecule has 26 heavy (non-hydrogen) atoms. The van der Waals surface area contributed by atoms with Crippen molar-refractivity contribution in [2.45, 2.75) is 46.1 Å². The first-order valence-electron chi connectivity index (χ1n) is 10.2. The summed E-state index contributed by atoms with van der Waals surface area (Å²) in [5, 5.41) is 0. The molecule has 1 aromatic carbocycles. The maximum absolute atomic E-state index is 12.8. The van der Waals surface area contributed by atoms with Crippen LogP contribution < -0.4 is 0 Å². The molecule has 2 aliphatic rings. The van der Waals surface area contributed by atoms with Crippen LogP contribution in [0.2, 0.25) is 0 Å². The van der Waals surface area contributed by atoms with Crippen molar-refractivity contribution >= 4 is 5.91 Å². The molecule has 1 unspecified atom stereocenters. The summed E-state index contributed by atoms with van der Waals surface area (Å²) in [6.07, 6.45) is 2.84. The second kappa shape index (κ2) is 8.53. The summed E-state index contributed by atoms with van der Waals surface area (Å²) in [5.41, 5.74) is 3.64. The van der Waals surface area contributed by atoms with Gasteiger partial charge in [0.25, 0.3) is 0 Å². The Morgan fingerprint density at radius 1 is 1.08 bits per heavy atom. The van der Waals surface area contributed by atoms with Gasteiger partial charge >= 0.3 is 0 Å². The van der Waals surface area contributed by atoms with Gasteiger partial charge < -0.3 is 9.80 Å². The lowest BCUT2D eigenvalue weighted by molar-refractivity contribution is -0.132. The first-order chi connectivity index (χ1) is 12.4. The number of aryl methyl sites for hydroxylation is 2. The zero-order chi connectivity index (χ0) is 18.7. The van der Waals surface area contributed by atoms with Crippen molar-refractivity contribution in [1.82, 2.24) is 14.7 Å². The minimum Gasteiger partial charge on any atom is -0.342 e. The van der Waals surface area contributed by atoms with Crippen LogP contribution in [0, 0.1) is 19.8 Å². The van der Waals surface area contributed by atoms with Crippen molar-refractivity contribution in [2.24, 2.45) is 5.92 Å². The van der Waals surface area contributed by atoms with Crippen LogP contribution in [0.1, 0.15) is 36.5 Å². The summed E-state index contributed by atoms with van der Waals surface area (Å²) in [7, 11) is 2.21. The third kappa shape index (κ3) is 4.66. The molecule has 144 valence electrons. The highest BCUT2D eigenvalue weighted by molar-refractivity contribution is 5.79. The Morgan fingerprint density at radius 2 is 1.73 bits per heavy atom. The van der Waals surface area contributed by atoms with E-state index in [4.69, 9.17) is 0 Å². The Bertz CT molecular complexity index is 614. The Balaban J connectivity index is 1.50. The second-order valence-electron chi connectivity index (χ2n) is 8.40. The van der Waals surface area contributed by atoms with Gasteiger partial charge in [-0.25, -0.2) is 0 Å². The summed E-state index contributed by atoms with van der Waals surface area (Å²) >= 11 is 0. The molecule has 3 rings (SSSR count). The van der Waals surface area contributed by atoms with Gasteiger partial charge in [-0.3, -0.25) is 9.69 Å². The zero-order valence-corrected chi connectivity index (χ0v) is 17.0. The van der Waals surface area contributed by atoms with Crippen LogP contribution in [0.4, 0.5) is 0 Å². The van der Waals surface area contributed by atoms with Gasteiger partial charge in [0.05, 0.1) is 6.42 Å². The van der Waals surface area contributed by atoms with Crippen LogP contribution in [0.5, 0.6) is 0 Å². The van der Waals surface area contributed by atoms with Crippen LogP contribution in [0.15, 0.2) is 18.2 Å². The first kappa shape index (κ1) is 19.4. The average Bonchev–Trinajstić information content (AvgIpc) is 2.65. The molecule has 0 spiro atoms. The molecule has 4 heteroatoms. The van der Waals surface area contributed by atoms with Crippen molar-refractivity contribution in [1.29, 1.82) is 0 Å². The molecule has 2 aliphatic heterocycles. The Kier molecular flexibility index (Phi) is 6.36. The van der Waals surface area contributed by atoms with E-state index in [1.807, 2.05) is 0 Å². The third-order valence-electron chi connectivity index (χ3n) is 6.53. The molecule has 0 saturated carbocycles. The molecular formula is C22H35N3O. The predicted octanol–water partition coefficient (Wildman–Crippen LogP) is 2.72. The average molecular weight is 358 g/mol. The van der Waals surface area contributed by atoms with E-state index in [1.54, 1.807) is 0 Å². The number of piperazine rings is 1. The van der Waals surface area contributed by atoms with Crippen LogP contribution in [0.3, 0.4) is 0 Å². The molecule has 0 N–H and O–H groups in total. The molecule has 2 heterocycles. The molecule has 0 aliphatic carbocycles. The highest BCUT2D eigenvalue weighted by Crippen LogP contribution is 2.25. The smallest absolute Gasteiger partial charge is 0.226 e. The van der Waals surface area contributed by atoms with E-state index in [0.29, 0.717) is 18.4 Å². The van der Waals surface area contributed by atoms with Crippen molar-refractivity contribution in [3.8, 4) is 0 Å². The molecule has 1 amide bonds.